The fourth-order valence-electron chi connectivity index (χ4n) is 1.31. The summed E-state index contributed by atoms with van der Waals surface area (Å²) in [6.45, 7) is 0.305. The number of hydrogen-bond acceptors (Lipinski definition) is 3. The molecular formula is C10H8FIN2O. The molecule has 0 saturated carbocycles. The lowest BCUT2D eigenvalue weighted by molar-refractivity contribution is 0.570. The van der Waals surface area contributed by atoms with Crippen LogP contribution in [0.4, 0.5) is 4.39 Å². The van der Waals surface area contributed by atoms with Gasteiger partial charge in [-0.3, -0.25) is 0 Å². The van der Waals surface area contributed by atoms with Crippen molar-refractivity contribution in [2.24, 2.45) is 5.73 Å². The maximum absolute atomic E-state index is 12.9. The summed E-state index contributed by atoms with van der Waals surface area (Å²) in [4.78, 5) is 3.99. The standard InChI is InChI=1S/C10H8FIN2O/c11-6-1-2-7(8(12)3-6)10-9(4-13)14-5-15-10/h1-3,5H,4,13H2. The van der Waals surface area contributed by atoms with Crippen LogP contribution in [0.5, 0.6) is 0 Å². The highest BCUT2D eigenvalue weighted by atomic mass is 127. The Morgan fingerprint density at radius 1 is 1.47 bits per heavy atom. The average Bonchev–Trinajstić information content (AvgIpc) is 2.65. The van der Waals surface area contributed by atoms with E-state index in [1.807, 2.05) is 0 Å². The number of oxazole rings is 1. The molecule has 2 rings (SSSR count). The van der Waals surface area contributed by atoms with E-state index in [-0.39, 0.29) is 5.82 Å². The van der Waals surface area contributed by atoms with E-state index in [4.69, 9.17) is 10.2 Å². The zero-order chi connectivity index (χ0) is 10.8. The Morgan fingerprint density at radius 2 is 2.27 bits per heavy atom. The Bertz CT molecular complexity index is 484. The molecule has 0 spiro atoms. The summed E-state index contributed by atoms with van der Waals surface area (Å²) >= 11 is 2.05. The summed E-state index contributed by atoms with van der Waals surface area (Å²) in [6, 6.07) is 4.50. The van der Waals surface area contributed by atoms with Gasteiger partial charge in [-0.25, -0.2) is 9.37 Å². The predicted octanol–water partition coefficient (Wildman–Crippen LogP) is 2.54. The van der Waals surface area contributed by atoms with E-state index >= 15 is 0 Å². The number of nitrogens with two attached hydrogens (primary N) is 1. The van der Waals surface area contributed by atoms with Crippen LogP contribution in [-0.2, 0) is 6.54 Å². The van der Waals surface area contributed by atoms with E-state index < -0.39 is 0 Å². The van der Waals surface area contributed by atoms with Crippen molar-refractivity contribution < 1.29 is 8.81 Å². The molecule has 78 valence electrons. The van der Waals surface area contributed by atoms with Gasteiger partial charge in [0.15, 0.2) is 12.2 Å². The minimum atomic E-state index is -0.267. The molecule has 1 aromatic carbocycles. The molecule has 5 heteroatoms. The van der Waals surface area contributed by atoms with Gasteiger partial charge in [0, 0.05) is 15.7 Å². The molecule has 0 fully saturated rings. The van der Waals surface area contributed by atoms with Crippen LogP contribution < -0.4 is 5.73 Å². The number of halogens is 2. The number of hydrogen-bond donors (Lipinski definition) is 1. The summed E-state index contributed by atoms with van der Waals surface area (Å²) in [5, 5.41) is 0. The molecule has 2 aromatic rings. The molecule has 0 radical (unpaired) electrons. The highest BCUT2D eigenvalue weighted by molar-refractivity contribution is 14.1. The molecule has 0 saturated heterocycles. The normalized spacial score (nSPS) is 10.6. The highest BCUT2D eigenvalue weighted by Gasteiger charge is 2.12. The second kappa shape index (κ2) is 4.28. The molecule has 0 aliphatic heterocycles. The second-order valence-electron chi connectivity index (χ2n) is 2.96. The van der Waals surface area contributed by atoms with E-state index in [0.29, 0.717) is 18.0 Å². The zero-order valence-electron chi connectivity index (χ0n) is 7.71. The monoisotopic (exact) mass is 318 g/mol. The van der Waals surface area contributed by atoms with Gasteiger partial charge in [0.1, 0.15) is 11.5 Å². The van der Waals surface area contributed by atoms with Gasteiger partial charge in [0.2, 0.25) is 0 Å². The van der Waals surface area contributed by atoms with Crippen molar-refractivity contribution in [1.82, 2.24) is 4.98 Å². The first-order valence-corrected chi connectivity index (χ1v) is 5.38. The van der Waals surface area contributed by atoms with Crippen LogP contribution in [0.25, 0.3) is 11.3 Å². The van der Waals surface area contributed by atoms with Crippen molar-refractivity contribution in [1.29, 1.82) is 0 Å². The first kappa shape index (κ1) is 10.6. The van der Waals surface area contributed by atoms with Crippen LogP contribution in [0.3, 0.4) is 0 Å². The Balaban J connectivity index is 2.54. The third-order valence-electron chi connectivity index (χ3n) is 2.01. The summed E-state index contributed by atoms with van der Waals surface area (Å²) < 4.78 is 18.9. The summed E-state index contributed by atoms with van der Waals surface area (Å²) in [5.74, 6) is 0.346. The maximum atomic E-state index is 12.9. The van der Waals surface area contributed by atoms with Gasteiger partial charge in [0.05, 0.1) is 0 Å². The van der Waals surface area contributed by atoms with Gasteiger partial charge < -0.3 is 10.2 Å². The van der Waals surface area contributed by atoms with Crippen molar-refractivity contribution in [3.05, 3.63) is 39.7 Å². The molecule has 2 N–H and O–H groups in total. The Morgan fingerprint density at radius 3 is 2.93 bits per heavy atom. The molecule has 0 atom stereocenters. The van der Waals surface area contributed by atoms with E-state index in [0.717, 1.165) is 9.13 Å². The Kier molecular flexibility index (Phi) is 3.01. The van der Waals surface area contributed by atoms with Crippen LogP contribution in [0.2, 0.25) is 0 Å². The molecule has 0 unspecified atom stereocenters. The van der Waals surface area contributed by atoms with Gasteiger partial charge in [-0.2, -0.15) is 0 Å². The Labute approximate surface area is 99.6 Å². The summed E-state index contributed by atoms with van der Waals surface area (Å²) in [6.07, 6.45) is 1.34. The smallest absolute Gasteiger partial charge is 0.181 e. The van der Waals surface area contributed by atoms with Gasteiger partial charge in [-0.1, -0.05) is 0 Å². The first-order valence-electron chi connectivity index (χ1n) is 4.30. The van der Waals surface area contributed by atoms with Gasteiger partial charge in [-0.05, 0) is 40.8 Å². The quantitative estimate of drug-likeness (QED) is 0.866. The molecule has 0 bridgehead atoms. The van der Waals surface area contributed by atoms with Crippen LogP contribution in [0.1, 0.15) is 5.69 Å². The molecule has 0 aliphatic carbocycles. The Hall–Kier alpha value is -0.950. The molecule has 0 aliphatic rings. The lowest BCUT2D eigenvalue weighted by Gasteiger charge is -2.02. The van der Waals surface area contributed by atoms with Crippen molar-refractivity contribution in [3.8, 4) is 11.3 Å². The fraction of sp³-hybridized carbons (Fsp3) is 0.100. The number of rotatable bonds is 2. The van der Waals surface area contributed by atoms with Crippen molar-refractivity contribution in [2.45, 2.75) is 6.54 Å². The van der Waals surface area contributed by atoms with Crippen LogP contribution in [0, 0.1) is 9.39 Å². The lowest BCUT2D eigenvalue weighted by atomic mass is 10.1. The van der Waals surface area contributed by atoms with E-state index in [2.05, 4.69) is 27.6 Å². The molecule has 3 nitrogen and oxygen atoms in total. The zero-order valence-corrected chi connectivity index (χ0v) is 9.86. The molecule has 0 amide bonds. The highest BCUT2D eigenvalue weighted by Crippen LogP contribution is 2.28. The lowest BCUT2D eigenvalue weighted by Crippen LogP contribution is -1.98. The minimum Gasteiger partial charge on any atom is -0.443 e. The average molecular weight is 318 g/mol. The fourth-order valence-corrected chi connectivity index (χ4v) is 2.03. The third kappa shape index (κ3) is 2.03. The number of aromatic nitrogens is 1. The second-order valence-corrected chi connectivity index (χ2v) is 4.12. The van der Waals surface area contributed by atoms with Crippen molar-refractivity contribution in [3.63, 3.8) is 0 Å². The van der Waals surface area contributed by atoms with Gasteiger partial charge in [0.25, 0.3) is 0 Å². The van der Waals surface area contributed by atoms with Crippen molar-refractivity contribution in [2.75, 3.05) is 0 Å². The van der Waals surface area contributed by atoms with Crippen LogP contribution in [-0.4, -0.2) is 4.98 Å². The topological polar surface area (TPSA) is 52.0 Å². The van der Waals surface area contributed by atoms with Gasteiger partial charge >= 0.3 is 0 Å². The third-order valence-corrected chi connectivity index (χ3v) is 2.90. The number of benzene rings is 1. The van der Waals surface area contributed by atoms with E-state index in [9.17, 15) is 4.39 Å². The van der Waals surface area contributed by atoms with Crippen LogP contribution in [0.15, 0.2) is 29.0 Å². The summed E-state index contributed by atoms with van der Waals surface area (Å²) in [7, 11) is 0. The minimum absolute atomic E-state index is 0.267. The molecular weight excluding hydrogens is 310 g/mol. The molecule has 1 aromatic heterocycles. The van der Waals surface area contributed by atoms with Crippen LogP contribution >= 0.6 is 22.6 Å². The maximum Gasteiger partial charge on any atom is 0.181 e. The molecule has 15 heavy (non-hydrogen) atoms. The predicted molar refractivity (Wildman–Crippen MR) is 62.5 cm³/mol. The van der Waals surface area contributed by atoms with E-state index in [1.165, 1.54) is 18.5 Å². The SMILES string of the molecule is NCc1ncoc1-c1ccc(F)cc1I. The largest absolute Gasteiger partial charge is 0.443 e. The molecule has 1 heterocycles. The summed E-state index contributed by atoms with van der Waals surface area (Å²) in [5.41, 5.74) is 7.01. The van der Waals surface area contributed by atoms with Gasteiger partial charge in [-0.15, -0.1) is 0 Å². The van der Waals surface area contributed by atoms with E-state index in [1.54, 1.807) is 6.07 Å². The van der Waals surface area contributed by atoms with Crippen molar-refractivity contribution >= 4 is 22.6 Å². The number of nitrogens with zero attached hydrogens (tertiary/aromatic N) is 1. The first-order chi connectivity index (χ1) is 7.22.